The van der Waals surface area contributed by atoms with Crippen LogP contribution < -0.4 is 5.73 Å². The molecule has 0 unspecified atom stereocenters. The molecule has 0 aliphatic rings. The lowest BCUT2D eigenvalue weighted by Crippen LogP contribution is -2.14. The quantitative estimate of drug-likeness (QED) is 0.819. The number of anilines is 1. The molecule has 0 bridgehead atoms. The zero-order chi connectivity index (χ0) is 14.5. The fourth-order valence-electron chi connectivity index (χ4n) is 1.51. The second-order valence-corrected chi connectivity index (χ2v) is 3.87. The number of esters is 1. The van der Waals surface area contributed by atoms with E-state index in [2.05, 4.69) is 10.1 Å². The smallest absolute Gasteiger partial charge is 0.328 e. The van der Waals surface area contributed by atoms with Crippen molar-refractivity contribution in [1.29, 1.82) is 5.26 Å². The summed E-state index contributed by atoms with van der Waals surface area (Å²) in [4.78, 5) is 15.2. The van der Waals surface area contributed by atoms with Gasteiger partial charge in [-0.1, -0.05) is 0 Å². The number of nitrogens with two attached hydrogens (primary N) is 1. The summed E-state index contributed by atoms with van der Waals surface area (Å²) < 4.78 is 19.2. The van der Waals surface area contributed by atoms with Crippen molar-refractivity contribution < 1.29 is 13.9 Å². The first-order chi connectivity index (χ1) is 9.58. The lowest BCUT2D eigenvalue weighted by atomic mass is 10.1. The first kappa shape index (κ1) is 13.5. The molecule has 2 aromatic rings. The highest BCUT2D eigenvalue weighted by Gasteiger charge is 2.09. The fraction of sp³-hybridized carbons (Fsp3) is 0.167. The number of halogens is 1. The molecular weight excluding hydrogens is 265 g/mol. The maximum absolute atomic E-state index is 13.1. The van der Waals surface area contributed by atoms with Crippen molar-refractivity contribution in [3.63, 3.8) is 0 Å². The fourth-order valence-corrected chi connectivity index (χ4v) is 1.51. The second-order valence-electron chi connectivity index (χ2n) is 3.87. The molecule has 0 saturated carbocycles. The summed E-state index contributed by atoms with van der Waals surface area (Å²) in [5.74, 6) is -1.04. The van der Waals surface area contributed by atoms with Gasteiger partial charge in [-0.25, -0.2) is 14.1 Å². The predicted molar refractivity (Wildman–Crippen MR) is 65.3 cm³/mol. The van der Waals surface area contributed by atoms with E-state index in [0.717, 1.165) is 6.07 Å². The molecule has 0 amide bonds. The zero-order valence-electron chi connectivity index (χ0n) is 10.3. The number of rotatable bonds is 4. The van der Waals surface area contributed by atoms with Gasteiger partial charge in [0.2, 0.25) is 5.95 Å². The van der Waals surface area contributed by atoms with E-state index in [-0.39, 0.29) is 24.7 Å². The van der Waals surface area contributed by atoms with E-state index in [9.17, 15) is 9.18 Å². The molecule has 0 spiro atoms. The summed E-state index contributed by atoms with van der Waals surface area (Å²) in [7, 11) is 0. The zero-order valence-corrected chi connectivity index (χ0v) is 10.3. The Morgan fingerprint density at radius 2 is 2.35 bits per heavy atom. The summed E-state index contributed by atoms with van der Waals surface area (Å²) in [6.07, 6.45) is 1.29. The Kier molecular flexibility index (Phi) is 3.91. The minimum atomic E-state index is -0.594. The normalized spacial score (nSPS) is 10.0. The van der Waals surface area contributed by atoms with Crippen LogP contribution in [0.3, 0.4) is 0 Å². The molecule has 7 nitrogen and oxygen atoms in total. The van der Waals surface area contributed by atoms with Gasteiger partial charge in [0.25, 0.3) is 0 Å². The van der Waals surface area contributed by atoms with E-state index in [1.807, 2.05) is 6.07 Å². The second kappa shape index (κ2) is 5.79. The highest BCUT2D eigenvalue weighted by atomic mass is 19.1. The molecule has 0 radical (unpaired) electrons. The third kappa shape index (κ3) is 3.29. The number of aromatic nitrogens is 3. The third-order valence-electron chi connectivity index (χ3n) is 2.42. The van der Waals surface area contributed by atoms with Crippen molar-refractivity contribution in [2.75, 3.05) is 5.73 Å². The SMILES string of the molecule is N#Cc1ccc(F)cc1COC(=O)Cn1cnc(N)n1. The van der Waals surface area contributed by atoms with E-state index in [0.29, 0.717) is 5.56 Å². The molecule has 0 aliphatic carbocycles. The van der Waals surface area contributed by atoms with Gasteiger partial charge in [-0.05, 0) is 18.2 Å². The van der Waals surface area contributed by atoms with Gasteiger partial charge in [-0.15, -0.1) is 5.10 Å². The van der Waals surface area contributed by atoms with Crippen LogP contribution in [0.15, 0.2) is 24.5 Å². The number of hydrogen-bond acceptors (Lipinski definition) is 6. The maximum atomic E-state index is 13.1. The first-order valence-electron chi connectivity index (χ1n) is 5.57. The Hall–Kier alpha value is -2.95. The Labute approximate surface area is 113 Å². The van der Waals surface area contributed by atoms with Gasteiger partial charge < -0.3 is 10.5 Å². The van der Waals surface area contributed by atoms with Crippen LogP contribution in [-0.4, -0.2) is 20.7 Å². The molecule has 20 heavy (non-hydrogen) atoms. The van der Waals surface area contributed by atoms with Gasteiger partial charge in [0.15, 0.2) is 0 Å². The number of carbonyl (C=O) groups excluding carboxylic acids is 1. The van der Waals surface area contributed by atoms with Crippen molar-refractivity contribution in [2.24, 2.45) is 0 Å². The minimum absolute atomic E-state index is 0.0506. The molecule has 2 N–H and O–H groups in total. The minimum Gasteiger partial charge on any atom is -0.459 e. The van der Waals surface area contributed by atoms with Crippen LogP contribution in [0, 0.1) is 17.1 Å². The van der Waals surface area contributed by atoms with E-state index in [1.165, 1.54) is 23.1 Å². The van der Waals surface area contributed by atoms with Crippen LogP contribution in [0.1, 0.15) is 11.1 Å². The van der Waals surface area contributed by atoms with Crippen molar-refractivity contribution in [3.05, 3.63) is 41.5 Å². The van der Waals surface area contributed by atoms with Crippen molar-refractivity contribution in [3.8, 4) is 6.07 Å². The average molecular weight is 275 g/mol. The van der Waals surface area contributed by atoms with Crippen LogP contribution in [0.4, 0.5) is 10.3 Å². The highest BCUT2D eigenvalue weighted by molar-refractivity contribution is 5.69. The predicted octanol–water partition coefficient (Wildman–Crippen LogP) is 0.614. The maximum Gasteiger partial charge on any atom is 0.328 e. The standard InChI is InChI=1S/C12H10FN5O2/c13-10-2-1-8(4-14)9(3-10)6-20-11(19)5-18-7-16-12(15)17-18/h1-3,7H,5-6H2,(H2,15,17). The number of nitriles is 1. The van der Waals surface area contributed by atoms with Crippen molar-refractivity contribution >= 4 is 11.9 Å². The lowest BCUT2D eigenvalue weighted by Gasteiger charge is -2.06. The van der Waals surface area contributed by atoms with Crippen LogP contribution in [0.25, 0.3) is 0 Å². The largest absolute Gasteiger partial charge is 0.459 e. The number of hydrogen-bond donors (Lipinski definition) is 1. The highest BCUT2D eigenvalue weighted by Crippen LogP contribution is 2.11. The summed E-state index contributed by atoms with van der Waals surface area (Å²) >= 11 is 0. The number of nitrogen functional groups attached to an aromatic ring is 1. The monoisotopic (exact) mass is 275 g/mol. The summed E-state index contributed by atoms with van der Waals surface area (Å²) in [6.45, 7) is -0.356. The van der Waals surface area contributed by atoms with Gasteiger partial charge >= 0.3 is 5.97 Å². The van der Waals surface area contributed by atoms with Crippen LogP contribution in [0.5, 0.6) is 0 Å². The summed E-state index contributed by atoms with van der Waals surface area (Å²) in [5.41, 5.74) is 5.86. The van der Waals surface area contributed by atoms with Crippen LogP contribution in [0.2, 0.25) is 0 Å². The first-order valence-corrected chi connectivity index (χ1v) is 5.57. The molecule has 0 fully saturated rings. The van der Waals surface area contributed by atoms with Crippen LogP contribution in [-0.2, 0) is 22.7 Å². The van der Waals surface area contributed by atoms with E-state index < -0.39 is 11.8 Å². The van der Waals surface area contributed by atoms with Crippen LogP contribution >= 0.6 is 0 Å². The van der Waals surface area contributed by atoms with Crippen molar-refractivity contribution in [2.45, 2.75) is 13.2 Å². The lowest BCUT2D eigenvalue weighted by molar-refractivity contribution is -0.145. The van der Waals surface area contributed by atoms with Gasteiger partial charge in [-0.2, -0.15) is 5.26 Å². The van der Waals surface area contributed by atoms with Gasteiger partial charge in [-0.3, -0.25) is 4.79 Å². The molecule has 1 aromatic heterocycles. The Morgan fingerprint density at radius 3 is 3.00 bits per heavy atom. The molecule has 102 valence electrons. The third-order valence-corrected chi connectivity index (χ3v) is 2.42. The van der Waals surface area contributed by atoms with Crippen molar-refractivity contribution in [1.82, 2.24) is 14.8 Å². The van der Waals surface area contributed by atoms with Gasteiger partial charge in [0.05, 0.1) is 11.6 Å². The summed E-state index contributed by atoms with van der Waals surface area (Å²) in [5, 5.41) is 12.6. The summed E-state index contributed by atoms with van der Waals surface area (Å²) in [6, 6.07) is 5.55. The Bertz CT molecular complexity index is 677. The molecule has 0 aliphatic heterocycles. The van der Waals surface area contributed by atoms with E-state index in [4.69, 9.17) is 15.7 Å². The Morgan fingerprint density at radius 1 is 1.55 bits per heavy atom. The molecule has 0 atom stereocenters. The molecule has 8 heteroatoms. The molecule has 0 saturated heterocycles. The topological polar surface area (TPSA) is 107 Å². The molecule has 2 rings (SSSR count). The average Bonchev–Trinajstić information content (AvgIpc) is 2.82. The molecular formula is C12H10FN5O2. The molecule has 1 aromatic carbocycles. The van der Waals surface area contributed by atoms with Gasteiger partial charge in [0, 0.05) is 5.56 Å². The van der Waals surface area contributed by atoms with Gasteiger partial charge in [0.1, 0.15) is 25.3 Å². The number of nitrogens with zero attached hydrogens (tertiary/aromatic N) is 4. The van der Waals surface area contributed by atoms with E-state index in [1.54, 1.807) is 0 Å². The molecule has 1 heterocycles. The van der Waals surface area contributed by atoms with E-state index >= 15 is 0 Å². The number of carbonyl (C=O) groups is 1. The number of benzene rings is 1. The Balaban J connectivity index is 1.97. The number of ether oxygens (including phenoxy) is 1.